The minimum Gasteiger partial charge on any atom is -0.313 e. The van der Waals surface area contributed by atoms with Crippen molar-refractivity contribution in [2.75, 3.05) is 6.54 Å². The van der Waals surface area contributed by atoms with E-state index in [0.717, 1.165) is 17.6 Å². The van der Waals surface area contributed by atoms with E-state index in [2.05, 4.69) is 77.6 Å². The molecule has 0 atom stereocenters. The van der Waals surface area contributed by atoms with E-state index in [1.807, 2.05) is 11.8 Å². The van der Waals surface area contributed by atoms with Gasteiger partial charge in [0.15, 0.2) is 0 Å². The van der Waals surface area contributed by atoms with E-state index in [9.17, 15) is 0 Å². The molecule has 0 radical (unpaired) electrons. The topological polar surface area (TPSA) is 12.0 Å². The lowest BCUT2D eigenvalue weighted by molar-refractivity contribution is 0.669. The molecule has 106 valence electrons. The first-order valence-electron chi connectivity index (χ1n) is 6.92. The Balaban J connectivity index is 2.17. The predicted molar refractivity (Wildman–Crippen MR) is 91.4 cm³/mol. The number of rotatable bonds is 6. The molecule has 20 heavy (non-hydrogen) atoms. The van der Waals surface area contributed by atoms with Gasteiger partial charge >= 0.3 is 0 Å². The van der Waals surface area contributed by atoms with Crippen molar-refractivity contribution in [1.82, 2.24) is 5.32 Å². The third-order valence-electron chi connectivity index (χ3n) is 2.98. The molecule has 0 aliphatic rings. The highest BCUT2D eigenvalue weighted by atomic mass is 79.9. The molecule has 0 aromatic heterocycles. The van der Waals surface area contributed by atoms with Crippen molar-refractivity contribution in [2.45, 2.75) is 36.6 Å². The number of aryl methyl sites for hydroxylation is 1. The molecule has 0 heterocycles. The Labute approximate surface area is 134 Å². The second-order valence-corrected chi connectivity index (χ2v) is 6.88. The third kappa shape index (κ3) is 4.65. The van der Waals surface area contributed by atoms with E-state index in [-0.39, 0.29) is 0 Å². The van der Waals surface area contributed by atoms with Gasteiger partial charge in [-0.1, -0.05) is 58.4 Å². The van der Waals surface area contributed by atoms with Crippen LogP contribution in [0.4, 0.5) is 0 Å². The monoisotopic (exact) mass is 349 g/mol. The van der Waals surface area contributed by atoms with Crippen molar-refractivity contribution >= 4 is 27.7 Å². The van der Waals surface area contributed by atoms with Crippen LogP contribution in [0, 0.1) is 6.92 Å². The molecule has 1 N–H and O–H groups in total. The summed E-state index contributed by atoms with van der Waals surface area (Å²) in [4.78, 5) is 2.59. The van der Waals surface area contributed by atoms with Crippen molar-refractivity contribution in [3.05, 3.63) is 58.1 Å². The van der Waals surface area contributed by atoms with E-state index in [1.165, 1.54) is 27.3 Å². The van der Waals surface area contributed by atoms with Gasteiger partial charge in [0.05, 0.1) is 0 Å². The molecular formula is C17H20BrNS. The van der Waals surface area contributed by atoms with Crippen LogP contribution in [-0.4, -0.2) is 6.54 Å². The molecule has 0 fully saturated rings. The lowest BCUT2D eigenvalue weighted by Gasteiger charge is -2.11. The summed E-state index contributed by atoms with van der Waals surface area (Å²) in [6.45, 7) is 6.35. The van der Waals surface area contributed by atoms with Crippen LogP contribution in [0.2, 0.25) is 0 Å². The summed E-state index contributed by atoms with van der Waals surface area (Å²) in [6, 6.07) is 15.1. The zero-order chi connectivity index (χ0) is 14.4. The average molecular weight is 350 g/mol. The number of halogens is 1. The fourth-order valence-corrected chi connectivity index (χ4v) is 3.54. The molecule has 0 aliphatic heterocycles. The maximum atomic E-state index is 3.53. The highest BCUT2D eigenvalue weighted by Crippen LogP contribution is 2.32. The zero-order valence-corrected chi connectivity index (χ0v) is 14.4. The second kappa shape index (κ2) is 7.87. The zero-order valence-electron chi connectivity index (χ0n) is 11.9. The molecule has 0 amide bonds. The van der Waals surface area contributed by atoms with E-state index in [1.54, 1.807) is 0 Å². The van der Waals surface area contributed by atoms with Crippen LogP contribution in [-0.2, 0) is 6.54 Å². The summed E-state index contributed by atoms with van der Waals surface area (Å²) in [6.07, 6.45) is 1.17. The van der Waals surface area contributed by atoms with Crippen LogP contribution >= 0.6 is 27.7 Å². The fraction of sp³-hybridized carbons (Fsp3) is 0.294. The Bertz CT molecular complexity index is 569. The van der Waals surface area contributed by atoms with Crippen LogP contribution in [0.3, 0.4) is 0 Å². The standard InChI is InChI=1S/C17H20BrNS/c1-3-9-19-12-14-10-13(2)7-8-17(14)20-16-6-4-5-15(18)11-16/h4-8,10-11,19H,3,9,12H2,1-2H3. The van der Waals surface area contributed by atoms with E-state index < -0.39 is 0 Å². The SMILES string of the molecule is CCCNCc1cc(C)ccc1Sc1cccc(Br)c1. The molecule has 0 saturated carbocycles. The van der Waals surface area contributed by atoms with Crippen LogP contribution in [0.25, 0.3) is 0 Å². The van der Waals surface area contributed by atoms with Gasteiger partial charge in [-0.05, 0) is 49.7 Å². The number of hydrogen-bond donors (Lipinski definition) is 1. The average Bonchev–Trinajstić information content (AvgIpc) is 2.42. The van der Waals surface area contributed by atoms with Crippen LogP contribution < -0.4 is 5.32 Å². The third-order valence-corrected chi connectivity index (χ3v) is 4.58. The summed E-state index contributed by atoms with van der Waals surface area (Å²) in [7, 11) is 0. The fourth-order valence-electron chi connectivity index (χ4n) is 2.00. The summed E-state index contributed by atoms with van der Waals surface area (Å²) < 4.78 is 1.13. The first-order valence-corrected chi connectivity index (χ1v) is 8.53. The van der Waals surface area contributed by atoms with Crippen LogP contribution in [0.5, 0.6) is 0 Å². The molecule has 2 aromatic rings. The van der Waals surface area contributed by atoms with Crippen molar-refractivity contribution < 1.29 is 0 Å². The largest absolute Gasteiger partial charge is 0.313 e. The number of hydrogen-bond acceptors (Lipinski definition) is 2. The molecule has 1 nitrogen and oxygen atoms in total. The maximum absolute atomic E-state index is 3.53. The first-order chi connectivity index (χ1) is 9.69. The van der Waals surface area contributed by atoms with Gasteiger partial charge in [0.25, 0.3) is 0 Å². The van der Waals surface area contributed by atoms with Gasteiger partial charge in [0.1, 0.15) is 0 Å². The Hall–Kier alpha value is -0.770. The Morgan fingerprint density at radius 3 is 2.75 bits per heavy atom. The van der Waals surface area contributed by atoms with Crippen molar-refractivity contribution in [3.8, 4) is 0 Å². The molecule has 0 saturated heterocycles. The van der Waals surface area contributed by atoms with Gasteiger partial charge in [0, 0.05) is 20.8 Å². The maximum Gasteiger partial charge on any atom is 0.0216 e. The van der Waals surface area contributed by atoms with Gasteiger partial charge in [-0.3, -0.25) is 0 Å². The highest BCUT2D eigenvalue weighted by molar-refractivity contribution is 9.10. The summed E-state index contributed by atoms with van der Waals surface area (Å²) in [5.74, 6) is 0. The Kier molecular flexibility index (Phi) is 6.14. The van der Waals surface area contributed by atoms with Gasteiger partial charge in [-0.25, -0.2) is 0 Å². The molecule has 0 spiro atoms. The van der Waals surface area contributed by atoms with Gasteiger partial charge in [-0.2, -0.15) is 0 Å². The molecular weight excluding hydrogens is 330 g/mol. The summed E-state index contributed by atoms with van der Waals surface area (Å²) >= 11 is 5.36. The molecule has 0 bridgehead atoms. The van der Waals surface area contributed by atoms with E-state index >= 15 is 0 Å². The van der Waals surface area contributed by atoms with Gasteiger partial charge < -0.3 is 5.32 Å². The Morgan fingerprint density at radius 1 is 1.15 bits per heavy atom. The molecule has 2 aromatic carbocycles. The molecule has 3 heteroatoms. The number of benzene rings is 2. The quantitative estimate of drug-likeness (QED) is 0.699. The van der Waals surface area contributed by atoms with Crippen molar-refractivity contribution in [1.29, 1.82) is 0 Å². The highest BCUT2D eigenvalue weighted by Gasteiger charge is 2.05. The van der Waals surface area contributed by atoms with E-state index in [0.29, 0.717) is 0 Å². The minimum atomic E-state index is 0.936. The summed E-state index contributed by atoms with van der Waals surface area (Å²) in [5, 5.41) is 3.49. The molecule has 0 unspecified atom stereocenters. The van der Waals surface area contributed by atoms with Gasteiger partial charge in [0.2, 0.25) is 0 Å². The van der Waals surface area contributed by atoms with Crippen molar-refractivity contribution in [2.24, 2.45) is 0 Å². The molecule has 0 aliphatic carbocycles. The second-order valence-electron chi connectivity index (χ2n) is 4.85. The Morgan fingerprint density at radius 2 is 2.00 bits per heavy atom. The lowest BCUT2D eigenvalue weighted by Crippen LogP contribution is -2.14. The first kappa shape index (κ1) is 15.6. The summed E-state index contributed by atoms with van der Waals surface area (Å²) in [5.41, 5.74) is 2.69. The number of nitrogens with one attached hydrogen (secondary N) is 1. The van der Waals surface area contributed by atoms with Crippen LogP contribution in [0.15, 0.2) is 56.7 Å². The van der Waals surface area contributed by atoms with E-state index in [4.69, 9.17) is 0 Å². The minimum absolute atomic E-state index is 0.936. The molecule has 2 rings (SSSR count). The van der Waals surface area contributed by atoms with Crippen molar-refractivity contribution in [3.63, 3.8) is 0 Å². The van der Waals surface area contributed by atoms with Crippen LogP contribution in [0.1, 0.15) is 24.5 Å². The smallest absolute Gasteiger partial charge is 0.0216 e. The predicted octanol–water partition coefficient (Wildman–Crippen LogP) is 5.41. The normalized spacial score (nSPS) is 10.8. The lowest BCUT2D eigenvalue weighted by atomic mass is 10.1. The van der Waals surface area contributed by atoms with Gasteiger partial charge in [-0.15, -0.1) is 0 Å².